The van der Waals surface area contributed by atoms with Crippen LogP contribution in [0.15, 0.2) is 48.5 Å². The number of amides is 1. The molecule has 2 rings (SSSR count). The first-order valence-electron chi connectivity index (χ1n) is 8.48. The molecule has 27 heavy (non-hydrogen) atoms. The summed E-state index contributed by atoms with van der Waals surface area (Å²) in [6.07, 6.45) is 2.15. The van der Waals surface area contributed by atoms with Crippen LogP contribution < -0.4 is 9.67 Å². The zero-order valence-corrected chi connectivity index (χ0v) is 16.8. The first-order chi connectivity index (χ1) is 12.8. The van der Waals surface area contributed by atoms with Crippen molar-refractivity contribution in [3.05, 3.63) is 54.1 Å². The van der Waals surface area contributed by atoms with Crippen LogP contribution in [0.3, 0.4) is 0 Å². The molecule has 1 amide bonds. The number of phenolic OH excluding ortho intramolecular Hbond substituents is 1. The fourth-order valence-corrected chi connectivity index (χ4v) is 4.63. The van der Waals surface area contributed by atoms with Crippen molar-refractivity contribution in [2.45, 2.75) is 32.6 Å². The number of benzene rings is 2. The van der Waals surface area contributed by atoms with Gasteiger partial charge in [-0.15, -0.1) is 0 Å². The van der Waals surface area contributed by atoms with Gasteiger partial charge < -0.3 is 0 Å². The molecule has 0 spiro atoms. The van der Waals surface area contributed by atoms with Crippen LogP contribution in [-0.2, 0) is 23.5 Å². The fourth-order valence-electron chi connectivity index (χ4n) is 2.47. The Hall–Kier alpha value is -2.50. The third-order valence-electron chi connectivity index (χ3n) is 3.78. The molecule has 0 aromatic heterocycles. The molecule has 0 fully saturated rings. The third-order valence-corrected chi connectivity index (χ3v) is 6.68. The average molecular weight is 435 g/mol. The summed E-state index contributed by atoms with van der Waals surface area (Å²) in [6, 6.07) is 13.3. The maximum atomic E-state index is 12.4. The Kier molecular flexibility index (Phi) is 7.27. The van der Waals surface area contributed by atoms with Gasteiger partial charge in [0.25, 0.3) is 0 Å². The maximum absolute atomic E-state index is 12.4. The Morgan fingerprint density at radius 1 is 1.11 bits per heavy atom. The van der Waals surface area contributed by atoms with E-state index < -0.39 is 26.0 Å². The van der Waals surface area contributed by atoms with Crippen molar-refractivity contribution in [1.29, 1.82) is 0 Å². The molecule has 3 N–H and O–H groups in total. The Morgan fingerprint density at radius 2 is 1.81 bits per heavy atom. The zero-order chi connectivity index (χ0) is 19.9. The van der Waals surface area contributed by atoms with Crippen LogP contribution in [0.2, 0.25) is 0 Å². The van der Waals surface area contributed by atoms with Crippen LogP contribution >= 0.6 is 0 Å². The molecule has 144 valence electrons. The molecule has 8 heteroatoms. The monoisotopic (exact) mass is 435 g/mol. The van der Waals surface area contributed by atoms with Crippen molar-refractivity contribution in [2.24, 2.45) is 0 Å². The Morgan fingerprint density at radius 3 is 2.48 bits per heavy atom. The van der Waals surface area contributed by atoms with Gasteiger partial charge in [0, 0.05) is 0 Å². The summed E-state index contributed by atoms with van der Waals surface area (Å²) < 4.78 is 27.2. The second-order valence-corrected chi connectivity index (χ2v) is 9.71. The van der Waals surface area contributed by atoms with Crippen LogP contribution in [0.5, 0.6) is 5.75 Å². The molecule has 2 aromatic rings. The number of phenols is 1. The van der Waals surface area contributed by atoms with E-state index in [1.807, 2.05) is 30.3 Å². The number of carbonyl (C=O) groups excluding carboxylic acids is 2. The molecular formula is C19H22AsNO6. The van der Waals surface area contributed by atoms with Crippen molar-refractivity contribution in [2.75, 3.05) is 5.32 Å². The number of carbonyl (C=O) groups is 2. The van der Waals surface area contributed by atoms with Gasteiger partial charge >= 0.3 is 160 Å². The topological polar surface area (TPSA) is 113 Å². The minimum absolute atomic E-state index is 0.0189. The molecule has 0 aliphatic heterocycles. The van der Waals surface area contributed by atoms with Gasteiger partial charge in [0.1, 0.15) is 0 Å². The van der Waals surface area contributed by atoms with Crippen LogP contribution in [-0.4, -0.2) is 35.3 Å². The minimum atomic E-state index is -5.12. The first kappa shape index (κ1) is 20.8. The first-order valence-corrected chi connectivity index (χ1v) is 11.8. The predicted molar refractivity (Wildman–Crippen MR) is 101 cm³/mol. The van der Waals surface area contributed by atoms with E-state index in [2.05, 4.69) is 5.32 Å². The molecule has 0 heterocycles. The van der Waals surface area contributed by atoms with Gasteiger partial charge in [0.2, 0.25) is 0 Å². The summed E-state index contributed by atoms with van der Waals surface area (Å²) in [7, 11) is 0. The Balaban J connectivity index is 1.90. The molecule has 0 radical (unpaired) electrons. The van der Waals surface area contributed by atoms with E-state index in [0.29, 0.717) is 6.42 Å². The number of nitrogens with one attached hydrogen (secondary N) is 1. The van der Waals surface area contributed by atoms with Crippen molar-refractivity contribution in [3.8, 4) is 5.75 Å². The number of hydrogen-bond donors (Lipinski definition) is 3. The van der Waals surface area contributed by atoms with E-state index in [1.54, 1.807) is 0 Å². The van der Waals surface area contributed by atoms with Gasteiger partial charge in [-0.1, -0.05) is 0 Å². The predicted octanol–water partition coefficient (Wildman–Crippen LogP) is 1.88. The standard InChI is InChI=1S/C19H22AsNO6/c1-14(22)21-17-13-16(11-12-18(17)23)20(25,26)27-19(24)10-6-5-9-15-7-3-2-4-8-15/h2-4,7-8,11-13,23H,5-6,9-10H2,1H3,(H,21,22)(H,25,26). The van der Waals surface area contributed by atoms with E-state index in [1.165, 1.54) is 19.1 Å². The molecular weight excluding hydrogens is 413 g/mol. The molecule has 0 saturated heterocycles. The number of aromatic hydroxyl groups is 1. The van der Waals surface area contributed by atoms with E-state index in [-0.39, 0.29) is 22.2 Å². The number of hydrogen-bond acceptors (Lipinski definition) is 5. The van der Waals surface area contributed by atoms with Gasteiger partial charge in [-0.25, -0.2) is 0 Å². The fraction of sp³-hybridized carbons (Fsp3) is 0.263. The van der Waals surface area contributed by atoms with E-state index in [9.17, 15) is 22.5 Å². The zero-order valence-electron chi connectivity index (χ0n) is 14.9. The third kappa shape index (κ3) is 6.62. The average Bonchev–Trinajstić information content (AvgIpc) is 2.60. The van der Waals surface area contributed by atoms with Crippen molar-refractivity contribution in [1.82, 2.24) is 0 Å². The number of anilines is 1. The summed E-state index contributed by atoms with van der Waals surface area (Å²) in [6.45, 7) is 1.24. The molecule has 1 unspecified atom stereocenters. The van der Waals surface area contributed by atoms with Crippen molar-refractivity contribution in [3.63, 3.8) is 0 Å². The number of rotatable bonds is 8. The van der Waals surface area contributed by atoms with Crippen LogP contribution in [0, 0.1) is 0 Å². The molecule has 7 nitrogen and oxygen atoms in total. The summed E-state index contributed by atoms with van der Waals surface area (Å²) in [5.41, 5.74) is 1.15. The van der Waals surface area contributed by atoms with Gasteiger partial charge in [-0.05, 0) is 0 Å². The number of aryl methyl sites for hydroxylation is 1. The molecule has 2 aromatic carbocycles. The van der Waals surface area contributed by atoms with Crippen LogP contribution in [0.4, 0.5) is 5.69 Å². The Bertz CT molecular complexity index is 853. The molecule has 0 saturated carbocycles. The number of unbranched alkanes of at least 4 members (excludes halogenated alkanes) is 1. The van der Waals surface area contributed by atoms with E-state index in [4.69, 9.17) is 3.73 Å². The van der Waals surface area contributed by atoms with Crippen LogP contribution in [0.25, 0.3) is 0 Å². The molecule has 1 atom stereocenters. The Labute approximate surface area is 160 Å². The SMILES string of the molecule is CC(=O)Nc1cc([As](=O)(O)OC(=O)CCCCc2ccccc2)ccc1O. The van der Waals surface area contributed by atoms with E-state index >= 15 is 0 Å². The molecule has 0 aliphatic carbocycles. The van der Waals surface area contributed by atoms with E-state index in [0.717, 1.165) is 24.5 Å². The quantitative estimate of drug-likeness (QED) is 0.332. The van der Waals surface area contributed by atoms with Gasteiger partial charge in [0.05, 0.1) is 0 Å². The molecule has 0 aliphatic rings. The summed E-state index contributed by atoms with van der Waals surface area (Å²) >= 11 is -5.12. The van der Waals surface area contributed by atoms with Crippen LogP contribution in [0.1, 0.15) is 31.7 Å². The van der Waals surface area contributed by atoms with Gasteiger partial charge in [-0.3, -0.25) is 0 Å². The second-order valence-electron chi connectivity index (χ2n) is 6.06. The summed E-state index contributed by atoms with van der Waals surface area (Å²) in [4.78, 5) is 23.0. The molecule has 0 bridgehead atoms. The van der Waals surface area contributed by atoms with Crippen molar-refractivity contribution >= 4 is 36.1 Å². The van der Waals surface area contributed by atoms with Gasteiger partial charge in [-0.2, -0.15) is 0 Å². The normalized spacial score (nSPS) is 12.8. The summed E-state index contributed by atoms with van der Waals surface area (Å²) in [5.74, 6) is -1.45. The second kappa shape index (κ2) is 9.44. The van der Waals surface area contributed by atoms with Crippen molar-refractivity contribution < 1.29 is 26.3 Å². The van der Waals surface area contributed by atoms with Gasteiger partial charge in [0.15, 0.2) is 0 Å². The summed E-state index contributed by atoms with van der Waals surface area (Å²) in [5, 5.41) is 12.0.